The lowest BCUT2D eigenvalue weighted by Crippen LogP contribution is -2.28. The van der Waals surface area contributed by atoms with Crippen LogP contribution in [-0.2, 0) is 11.2 Å². The van der Waals surface area contributed by atoms with Gasteiger partial charge in [-0.1, -0.05) is 6.07 Å². The van der Waals surface area contributed by atoms with Crippen molar-refractivity contribution in [3.8, 4) is 5.75 Å². The van der Waals surface area contributed by atoms with Gasteiger partial charge in [-0.05, 0) is 49.7 Å². The quantitative estimate of drug-likeness (QED) is 0.809. The fraction of sp³-hybridized carbons (Fsp3) is 0.222. The molecule has 0 fully saturated rings. The third-order valence-electron chi connectivity index (χ3n) is 4.07. The summed E-state index contributed by atoms with van der Waals surface area (Å²) in [5.74, 6) is 0.157. The van der Waals surface area contributed by atoms with Crippen LogP contribution in [0.25, 0.3) is 5.65 Å². The minimum Gasteiger partial charge on any atom is -0.508 e. The maximum absolute atomic E-state index is 12.6. The summed E-state index contributed by atoms with van der Waals surface area (Å²) in [5, 5.41) is 9.35. The maximum atomic E-state index is 12.6. The molecular weight excluding hydrogens is 290 g/mol. The van der Waals surface area contributed by atoms with E-state index in [2.05, 4.69) is 4.98 Å². The number of anilines is 1. The van der Waals surface area contributed by atoms with Gasteiger partial charge >= 0.3 is 0 Å². The predicted octanol–water partition coefficient (Wildman–Crippen LogP) is 2.86. The van der Waals surface area contributed by atoms with Gasteiger partial charge in [0.2, 0.25) is 5.91 Å². The first-order valence-corrected chi connectivity index (χ1v) is 7.46. The van der Waals surface area contributed by atoms with Crippen molar-refractivity contribution in [3.05, 3.63) is 59.5 Å². The van der Waals surface area contributed by atoms with E-state index in [9.17, 15) is 9.90 Å². The average molecular weight is 309 g/mol. The van der Waals surface area contributed by atoms with Crippen molar-refractivity contribution in [3.63, 3.8) is 0 Å². The van der Waals surface area contributed by atoms with E-state index in [1.54, 1.807) is 36.2 Å². The molecule has 0 bridgehead atoms. The van der Waals surface area contributed by atoms with E-state index in [1.165, 1.54) is 0 Å². The molecule has 5 nitrogen and oxygen atoms in total. The van der Waals surface area contributed by atoms with Gasteiger partial charge in [0.05, 0.1) is 17.8 Å². The average Bonchev–Trinajstić information content (AvgIpc) is 2.85. The summed E-state index contributed by atoms with van der Waals surface area (Å²) in [4.78, 5) is 18.8. The highest BCUT2D eigenvalue weighted by Crippen LogP contribution is 2.20. The van der Waals surface area contributed by atoms with E-state index in [-0.39, 0.29) is 18.1 Å². The van der Waals surface area contributed by atoms with Crippen LogP contribution in [-0.4, -0.2) is 27.4 Å². The summed E-state index contributed by atoms with van der Waals surface area (Å²) in [7, 11) is 1.73. The first kappa shape index (κ1) is 15.1. The van der Waals surface area contributed by atoms with Crippen LogP contribution in [0.2, 0.25) is 0 Å². The molecule has 0 unspecified atom stereocenters. The topological polar surface area (TPSA) is 57.8 Å². The summed E-state index contributed by atoms with van der Waals surface area (Å²) in [6, 6.07) is 10.6. The molecule has 0 saturated carbocycles. The van der Waals surface area contributed by atoms with E-state index >= 15 is 0 Å². The zero-order chi connectivity index (χ0) is 16.6. The second kappa shape index (κ2) is 5.76. The molecule has 0 radical (unpaired) electrons. The maximum Gasteiger partial charge on any atom is 0.232 e. The van der Waals surface area contributed by atoms with Gasteiger partial charge in [-0.2, -0.15) is 0 Å². The first-order valence-electron chi connectivity index (χ1n) is 7.46. The predicted molar refractivity (Wildman–Crippen MR) is 89.9 cm³/mol. The Kier molecular flexibility index (Phi) is 3.78. The van der Waals surface area contributed by atoms with Crippen molar-refractivity contribution in [2.24, 2.45) is 0 Å². The van der Waals surface area contributed by atoms with Crippen molar-refractivity contribution >= 4 is 17.2 Å². The van der Waals surface area contributed by atoms with Gasteiger partial charge in [0.1, 0.15) is 11.4 Å². The lowest BCUT2D eigenvalue weighted by molar-refractivity contribution is -0.117. The smallest absolute Gasteiger partial charge is 0.232 e. The van der Waals surface area contributed by atoms with Crippen molar-refractivity contribution < 1.29 is 9.90 Å². The van der Waals surface area contributed by atoms with Crippen LogP contribution in [0.4, 0.5) is 5.69 Å². The number of fused-ring (bicyclic) bond motifs is 1. The zero-order valence-corrected chi connectivity index (χ0v) is 13.4. The summed E-state index contributed by atoms with van der Waals surface area (Å²) in [5.41, 5.74) is 4.49. The number of carbonyl (C=O) groups excluding carboxylic acids is 1. The Morgan fingerprint density at radius 1 is 1.22 bits per heavy atom. The van der Waals surface area contributed by atoms with Crippen LogP contribution in [0, 0.1) is 13.8 Å². The third-order valence-corrected chi connectivity index (χ3v) is 4.07. The Balaban J connectivity index is 1.89. The fourth-order valence-electron chi connectivity index (χ4n) is 2.66. The number of pyridine rings is 1. The number of likely N-dealkylation sites (N-methyl/N-ethyl adjacent to an activating group) is 1. The number of aryl methyl sites for hydroxylation is 2. The molecule has 1 N–H and O–H groups in total. The Morgan fingerprint density at radius 2 is 1.91 bits per heavy atom. The Hall–Kier alpha value is -2.82. The number of benzene rings is 1. The standard InChI is InChI=1S/C18H19N3O2/c1-12-5-4-10-21-16(13(2)19-18(12)21)11-17(23)20(3)14-6-8-15(22)9-7-14/h4-10,22H,11H2,1-3H3. The van der Waals surface area contributed by atoms with Crippen LogP contribution in [0.15, 0.2) is 42.6 Å². The number of aromatic nitrogens is 2. The number of carbonyl (C=O) groups is 1. The minimum absolute atomic E-state index is 0.0258. The summed E-state index contributed by atoms with van der Waals surface area (Å²) in [6.45, 7) is 3.94. The molecule has 3 aromatic rings. The lowest BCUT2D eigenvalue weighted by Gasteiger charge is -2.17. The molecule has 0 aliphatic heterocycles. The van der Waals surface area contributed by atoms with Gasteiger partial charge in [0.15, 0.2) is 0 Å². The van der Waals surface area contributed by atoms with E-state index in [4.69, 9.17) is 0 Å². The van der Waals surface area contributed by atoms with Crippen molar-refractivity contribution in [1.29, 1.82) is 0 Å². The van der Waals surface area contributed by atoms with Crippen molar-refractivity contribution in [2.75, 3.05) is 11.9 Å². The van der Waals surface area contributed by atoms with Gasteiger partial charge in [0, 0.05) is 18.9 Å². The molecule has 23 heavy (non-hydrogen) atoms. The number of imidazole rings is 1. The van der Waals surface area contributed by atoms with E-state index < -0.39 is 0 Å². The summed E-state index contributed by atoms with van der Waals surface area (Å²) >= 11 is 0. The number of rotatable bonds is 3. The molecule has 118 valence electrons. The van der Waals surface area contributed by atoms with Gasteiger partial charge in [-0.15, -0.1) is 0 Å². The SMILES string of the molecule is Cc1nc2c(C)cccn2c1CC(=O)N(C)c1ccc(O)cc1. The largest absolute Gasteiger partial charge is 0.508 e. The highest BCUT2D eigenvalue weighted by atomic mass is 16.3. The number of phenols is 1. The van der Waals surface area contributed by atoms with Crippen molar-refractivity contribution in [2.45, 2.75) is 20.3 Å². The second-order valence-corrected chi connectivity index (χ2v) is 5.67. The molecule has 0 atom stereocenters. The third kappa shape index (κ3) is 2.77. The van der Waals surface area contributed by atoms with Gasteiger partial charge in [-0.25, -0.2) is 4.98 Å². The molecule has 2 aromatic heterocycles. The Bertz CT molecular complexity index is 866. The van der Waals surface area contributed by atoms with Gasteiger partial charge in [0.25, 0.3) is 0 Å². The molecule has 0 aliphatic rings. The molecule has 0 aliphatic carbocycles. The second-order valence-electron chi connectivity index (χ2n) is 5.67. The number of hydrogen-bond donors (Lipinski definition) is 1. The minimum atomic E-state index is -0.0258. The Labute approximate surface area is 134 Å². The number of hydrogen-bond acceptors (Lipinski definition) is 3. The van der Waals surface area contributed by atoms with Crippen LogP contribution < -0.4 is 4.90 Å². The fourth-order valence-corrected chi connectivity index (χ4v) is 2.66. The lowest BCUT2D eigenvalue weighted by atomic mass is 10.2. The Morgan fingerprint density at radius 3 is 2.61 bits per heavy atom. The first-order chi connectivity index (χ1) is 11.0. The van der Waals surface area contributed by atoms with Crippen LogP contribution in [0.5, 0.6) is 5.75 Å². The van der Waals surface area contributed by atoms with Gasteiger partial charge in [-0.3, -0.25) is 4.79 Å². The number of aromatic hydroxyl groups is 1. The molecule has 3 rings (SSSR count). The molecule has 0 spiro atoms. The monoisotopic (exact) mass is 309 g/mol. The van der Waals surface area contributed by atoms with Crippen LogP contribution in [0.3, 0.4) is 0 Å². The summed E-state index contributed by atoms with van der Waals surface area (Å²) in [6.07, 6.45) is 2.21. The normalized spacial score (nSPS) is 10.9. The van der Waals surface area contributed by atoms with E-state index in [1.807, 2.05) is 36.6 Å². The molecule has 1 aromatic carbocycles. The van der Waals surface area contributed by atoms with E-state index in [0.717, 1.165) is 28.3 Å². The van der Waals surface area contributed by atoms with E-state index in [0.29, 0.717) is 0 Å². The van der Waals surface area contributed by atoms with Crippen LogP contribution in [0.1, 0.15) is 17.0 Å². The highest BCUT2D eigenvalue weighted by Gasteiger charge is 2.17. The molecular formula is C18H19N3O2. The summed E-state index contributed by atoms with van der Waals surface area (Å²) < 4.78 is 1.98. The van der Waals surface area contributed by atoms with Crippen LogP contribution >= 0.6 is 0 Å². The number of nitrogens with zero attached hydrogens (tertiary/aromatic N) is 3. The highest BCUT2D eigenvalue weighted by molar-refractivity contribution is 5.94. The number of phenolic OH excluding ortho intramolecular Hbond substituents is 1. The number of amides is 1. The van der Waals surface area contributed by atoms with Crippen molar-refractivity contribution in [1.82, 2.24) is 9.38 Å². The zero-order valence-electron chi connectivity index (χ0n) is 13.4. The molecule has 5 heteroatoms. The van der Waals surface area contributed by atoms with Gasteiger partial charge < -0.3 is 14.4 Å². The molecule has 1 amide bonds. The molecule has 0 saturated heterocycles. The molecule has 2 heterocycles.